The third kappa shape index (κ3) is 2.32. The molecule has 1 unspecified atom stereocenters. The van der Waals surface area contributed by atoms with Crippen molar-refractivity contribution in [3.05, 3.63) is 28.8 Å². The fourth-order valence-electron chi connectivity index (χ4n) is 1.46. The number of rotatable bonds is 3. The van der Waals surface area contributed by atoms with Gasteiger partial charge in [0.2, 0.25) is 0 Å². The van der Waals surface area contributed by atoms with Crippen LogP contribution in [0.5, 0.6) is 5.75 Å². The number of carbonyl (C=O) groups excluding carboxylic acids is 1. The monoisotopic (exact) mass is 223 g/mol. The van der Waals surface area contributed by atoms with Crippen molar-refractivity contribution in [3.63, 3.8) is 0 Å². The maximum Gasteiger partial charge on any atom is 0.255 e. The number of hydrazine groups is 1. The zero-order valence-electron chi connectivity index (χ0n) is 9.70. The summed E-state index contributed by atoms with van der Waals surface area (Å²) in [5.41, 5.74) is 10.6. The minimum atomic E-state index is -0.820. The number of amides is 1. The molecule has 0 bridgehead atoms. The zero-order chi connectivity index (χ0) is 12.3. The van der Waals surface area contributed by atoms with Crippen molar-refractivity contribution in [1.29, 1.82) is 0 Å². The molecule has 5 N–H and O–H groups in total. The molecule has 16 heavy (non-hydrogen) atoms. The van der Waals surface area contributed by atoms with Gasteiger partial charge in [0.25, 0.3) is 5.91 Å². The van der Waals surface area contributed by atoms with Crippen molar-refractivity contribution >= 4 is 5.91 Å². The van der Waals surface area contributed by atoms with Gasteiger partial charge in [-0.15, -0.1) is 0 Å². The van der Waals surface area contributed by atoms with Gasteiger partial charge in [-0.1, -0.05) is 6.07 Å². The summed E-state index contributed by atoms with van der Waals surface area (Å²) < 4.78 is 5.20. The van der Waals surface area contributed by atoms with Gasteiger partial charge < -0.3 is 10.5 Å². The highest BCUT2D eigenvalue weighted by molar-refractivity contribution is 5.83. The van der Waals surface area contributed by atoms with Crippen LogP contribution in [0.25, 0.3) is 0 Å². The molecular weight excluding hydrogens is 206 g/mol. The predicted molar refractivity (Wildman–Crippen MR) is 61.7 cm³/mol. The van der Waals surface area contributed by atoms with E-state index in [0.717, 1.165) is 11.1 Å². The van der Waals surface area contributed by atoms with Crippen LogP contribution >= 0.6 is 0 Å². The van der Waals surface area contributed by atoms with E-state index in [4.69, 9.17) is 16.3 Å². The molecular formula is C11H17N3O2. The molecule has 0 saturated carbocycles. The maximum absolute atomic E-state index is 11.4. The van der Waals surface area contributed by atoms with E-state index >= 15 is 0 Å². The second kappa shape index (κ2) is 4.96. The van der Waals surface area contributed by atoms with Crippen LogP contribution in [0.15, 0.2) is 12.1 Å². The first-order valence-corrected chi connectivity index (χ1v) is 4.92. The number of methoxy groups -OCH3 is 1. The van der Waals surface area contributed by atoms with E-state index in [2.05, 4.69) is 0 Å². The quantitative estimate of drug-likeness (QED) is 0.390. The number of nitrogens with one attached hydrogen (secondary N) is 1. The summed E-state index contributed by atoms with van der Waals surface area (Å²) in [5.74, 6) is 5.20. The highest BCUT2D eigenvalue weighted by Gasteiger charge is 2.19. The number of ether oxygens (including phenoxy) is 1. The molecule has 0 aliphatic heterocycles. The van der Waals surface area contributed by atoms with Crippen molar-refractivity contribution in [3.8, 4) is 5.75 Å². The number of hydrogen-bond acceptors (Lipinski definition) is 4. The van der Waals surface area contributed by atoms with Gasteiger partial charge in [-0.05, 0) is 31.0 Å². The van der Waals surface area contributed by atoms with Gasteiger partial charge >= 0.3 is 0 Å². The van der Waals surface area contributed by atoms with Gasteiger partial charge in [0.15, 0.2) is 0 Å². The first-order valence-electron chi connectivity index (χ1n) is 4.92. The molecule has 1 aromatic rings. The van der Waals surface area contributed by atoms with E-state index in [9.17, 15) is 4.79 Å². The fourth-order valence-corrected chi connectivity index (χ4v) is 1.46. The van der Waals surface area contributed by atoms with Gasteiger partial charge in [-0.25, -0.2) is 5.84 Å². The Kier molecular flexibility index (Phi) is 3.87. The highest BCUT2D eigenvalue weighted by Crippen LogP contribution is 2.27. The van der Waals surface area contributed by atoms with Crippen LogP contribution < -0.4 is 21.7 Å². The largest absolute Gasteiger partial charge is 0.496 e. The Morgan fingerprint density at radius 3 is 2.44 bits per heavy atom. The van der Waals surface area contributed by atoms with E-state index < -0.39 is 11.9 Å². The van der Waals surface area contributed by atoms with Crippen molar-refractivity contribution in [2.75, 3.05) is 7.11 Å². The molecule has 5 heteroatoms. The molecule has 1 aromatic carbocycles. The average molecular weight is 223 g/mol. The summed E-state index contributed by atoms with van der Waals surface area (Å²) in [5, 5.41) is 0. The van der Waals surface area contributed by atoms with Gasteiger partial charge in [-0.2, -0.15) is 0 Å². The summed E-state index contributed by atoms with van der Waals surface area (Å²) in [4.78, 5) is 11.4. The van der Waals surface area contributed by atoms with Gasteiger partial charge in [0, 0.05) is 5.56 Å². The maximum atomic E-state index is 11.4. The van der Waals surface area contributed by atoms with Crippen LogP contribution in [-0.4, -0.2) is 13.0 Å². The summed E-state index contributed by atoms with van der Waals surface area (Å²) in [6.45, 7) is 3.92. The van der Waals surface area contributed by atoms with E-state index in [0.29, 0.717) is 11.3 Å². The molecule has 0 saturated heterocycles. The van der Waals surface area contributed by atoms with Crippen molar-refractivity contribution in [2.45, 2.75) is 19.9 Å². The first-order chi connectivity index (χ1) is 7.51. The number of hydrogen-bond donors (Lipinski definition) is 3. The van der Waals surface area contributed by atoms with E-state index in [1.807, 2.05) is 31.4 Å². The lowest BCUT2D eigenvalue weighted by Gasteiger charge is -2.16. The standard InChI is InChI=1S/C11H17N3O2/c1-6-4-8(10(12)11(15)14-13)9(16-3)5-7(6)2/h4-5,10H,12-13H2,1-3H3,(H,14,15). The second-order valence-corrected chi connectivity index (χ2v) is 3.66. The average Bonchev–Trinajstić information content (AvgIpc) is 2.30. The molecule has 0 radical (unpaired) electrons. The Balaban J connectivity index is 3.21. The first kappa shape index (κ1) is 12.5. The smallest absolute Gasteiger partial charge is 0.255 e. The summed E-state index contributed by atoms with van der Waals surface area (Å²) >= 11 is 0. The Morgan fingerprint density at radius 2 is 1.94 bits per heavy atom. The van der Waals surface area contributed by atoms with Crippen molar-refractivity contribution in [1.82, 2.24) is 5.43 Å². The van der Waals surface area contributed by atoms with E-state index in [1.54, 1.807) is 7.11 Å². The second-order valence-electron chi connectivity index (χ2n) is 3.66. The van der Waals surface area contributed by atoms with Gasteiger partial charge in [0.05, 0.1) is 7.11 Å². The molecule has 1 amide bonds. The van der Waals surface area contributed by atoms with Crippen LogP contribution in [0.3, 0.4) is 0 Å². The molecule has 1 atom stereocenters. The predicted octanol–water partition coefficient (Wildman–Crippen LogP) is 0.302. The Morgan fingerprint density at radius 1 is 1.38 bits per heavy atom. The van der Waals surface area contributed by atoms with Crippen LogP contribution in [0.2, 0.25) is 0 Å². The van der Waals surface area contributed by atoms with Crippen LogP contribution in [-0.2, 0) is 4.79 Å². The molecule has 0 spiro atoms. The van der Waals surface area contributed by atoms with Crippen molar-refractivity contribution < 1.29 is 9.53 Å². The number of nitrogens with two attached hydrogens (primary N) is 2. The third-order valence-corrected chi connectivity index (χ3v) is 2.61. The lowest BCUT2D eigenvalue weighted by molar-refractivity contribution is -0.122. The molecule has 0 heterocycles. The highest BCUT2D eigenvalue weighted by atomic mass is 16.5. The van der Waals surface area contributed by atoms with E-state index in [-0.39, 0.29) is 0 Å². The minimum absolute atomic E-state index is 0.443. The van der Waals surface area contributed by atoms with Crippen molar-refractivity contribution in [2.24, 2.45) is 11.6 Å². The topological polar surface area (TPSA) is 90.4 Å². The lowest BCUT2D eigenvalue weighted by atomic mass is 10.00. The Labute approximate surface area is 94.7 Å². The molecule has 0 aliphatic carbocycles. The summed E-state index contributed by atoms with van der Waals surface area (Å²) in [6, 6.07) is 2.88. The van der Waals surface area contributed by atoms with Crippen LogP contribution in [0.4, 0.5) is 0 Å². The van der Waals surface area contributed by atoms with Gasteiger partial charge in [-0.3, -0.25) is 10.2 Å². The molecule has 5 nitrogen and oxygen atoms in total. The Hall–Kier alpha value is -1.59. The molecule has 0 aromatic heterocycles. The number of carbonyl (C=O) groups is 1. The molecule has 0 fully saturated rings. The fraction of sp³-hybridized carbons (Fsp3) is 0.364. The number of benzene rings is 1. The Bertz CT molecular complexity index is 404. The molecule has 0 aliphatic rings. The lowest BCUT2D eigenvalue weighted by Crippen LogP contribution is -2.38. The summed E-state index contributed by atoms with van der Waals surface area (Å²) in [7, 11) is 1.54. The normalized spacial score (nSPS) is 12.1. The minimum Gasteiger partial charge on any atom is -0.496 e. The third-order valence-electron chi connectivity index (χ3n) is 2.61. The van der Waals surface area contributed by atoms with Crippen LogP contribution in [0.1, 0.15) is 22.7 Å². The zero-order valence-corrected chi connectivity index (χ0v) is 9.70. The molecule has 1 rings (SSSR count). The van der Waals surface area contributed by atoms with Crippen LogP contribution in [0, 0.1) is 13.8 Å². The van der Waals surface area contributed by atoms with Gasteiger partial charge in [0.1, 0.15) is 11.8 Å². The molecule has 88 valence electrons. The SMILES string of the molecule is COc1cc(C)c(C)cc1C(N)C(=O)NN. The summed E-state index contributed by atoms with van der Waals surface area (Å²) in [6.07, 6.45) is 0. The van der Waals surface area contributed by atoms with E-state index in [1.165, 1.54) is 0 Å². The number of aryl methyl sites for hydroxylation is 2.